The van der Waals surface area contributed by atoms with Crippen molar-refractivity contribution in [3.8, 4) is 0 Å². The van der Waals surface area contributed by atoms with Crippen molar-refractivity contribution in [1.29, 1.82) is 0 Å². The Hall–Kier alpha value is -1.61. The van der Waals surface area contributed by atoms with Crippen LogP contribution in [0.15, 0.2) is 35.9 Å². The summed E-state index contributed by atoms with van der Waals surface area (Å²) in [6.45, 7) is 9.09. The first kappa shape index (κ1) is 14.5. The summed E-state index contributed by atoms with van der Waals surface area (Å²) in [5, 5.41) is 0. The van der Waals surface area contributed by atoms with Crippen LogP contribution in [0.3, 0.4) is 0 Å². The maximum absolute atomic E-state index is 11.8. The van der Waals surface area contributed by atoms with Crippen LogP contribution < -0.4 is 0 Å². The van der Waals surface area contributed by atoms with Gasteiger partial charge in [0.2, 0.25) is 0 Å². The van der Waals surface area contributed by atoms with Gasteiger partial charge in [-0.05, 0) is 45.8 Å². The third kappa shape index (κ3) is 4.34. The molecule has 1 aromatic carbocycles. The number of allylic oxidation sites excluding steroid dienone is 1. The molecular weight excluding hydrogens is 228 g/mol. The lowest BCUT2D eigenvalue weighted by Gasteiger charge is -2.17. The van der Waals surface area contributed by atoms with Crippen LogP contribution in [0.2, 0.25) is 0 Å². The lowest BCUT2D eigenvalue weighted by Crippen LogP contribution is -2.22. The monoisotopic (exact) mass is 248 g/mol. The molecule has 0 atom stereocenters. The molecule has 0 aromatic heterocycles. The Morgan fingerprint density at radius 2 is 1.61 bits per heavy atom. The van der Waals surface area contributed by atoms with Crippen molar-refractivity contribution in [2.75, 3.05) is 0 Å². The highest BCUT2D eigenvalue weighted by atomic mass is 17.2. The first-order chi connectivity index (χ1) is 8.31. The maximum atomic E-state index is 11.8. The van der Waals surface area contributed by atoms with E-state index in [1.54, 1.807) is 6.92 Å². The summed E-state index contributed by atoms with van der Waals surface area (Å²) < 4.78 is 0. The van der Waals surface area contributed by atoms with E-state index in [0.717, 1.165) is 11.1 Å². The highest BCUT2D eigenvalue weighted by Crippen LogP contribution is 2.19. The Kier molecular flexibility index (Phi) is 4.68. The van der Waals surface area contributed by atoms with Gasteiger partial charge in [-0.1, -0.05) is 30.3 Å². The van der Waals surface area contributed by atoms with E-state index in [2.05, 4.69) is 0 Å². The predicted molar refractivity (Wildman–Crippen MR) is 71.6 cm³/mol. The van der Waals surface area contributed by atoms with Crippen molar-refractivity contribution in [2.45, 2.75) is 40.2 Å². The summed E-state index contributed by atoms with van der Waals surface area (Å²) in [4.78, 5) is 21.6. The Labute approximate surface area is 108 Å². The summed E-state index contributed by atoms with van der Waals surface area (Å²) >= 11 is 0. The van der Waals surface area contributed by atoms with Crippen LogP contribution in [0, 0.1) is 0 Å². The topological polar surface area (TPSA) is 35.5 Å². The highest BCUT2D eigenvalue weighted by Gasteiger charge is 2.17. The van der Waals surface area contributed by atoms with Crippen molar-refractivity contribution in [3.05, 3.63) is 41.5 Å². The average molecular weight is 248 g/mol. The van der Waals surface area contributed by atoms with Gasteiger partial charge < -0.3 is 0 Å². The summed E-state index contributed by atoms with van der Waals surface area (Å²) in [5.41, 5.74) is 1.93. The van der Waals surface area contributed by atoms with Gasteiger partial charge in [-0.3, -0.25) is 4.89 Å². The van der Waals surface area contributed by atoms with Crippen molar-refractivity contribution in [1.82, 2.24) is 0 Å². The highest BCUT2D eigenvalue weighted by molar-refractivity contribution is 5.96. The number of hydrogen-bond donors (Lipinski definition) is 0. The second-order valence-electron chi connectivity index (χ2n) is 5.18. The maximum Gasteiger partial charge on any atom is 0.369 e. The number of carbonyl (C=O) groups excluding carboxylic acids is 1. The molecule has 0 spiro atoms. The van der Waals surface area contributed by atoms with Crippen LogP contribution in [0.5, 0.6) is 0 Å². The summed E-state index contributed by atoms with van der Waals surface area (Å²) in [6.07, 6.45) is 0. The van der Waals surface area contributed by atoms with Crippen LogP contribution in [0.4, 0.5) is 0 Å². The molecule has 0 heterocycles. The molecule has 1 rings (SSSR count). The minimum Gasteiger partial charge on any atom is -0.293 e. The quantitative estimate of drug-likeness (QED) is 0.464. The summed E-state index contributed by atoms with van der Waals surface area (Å²) in [6, 6.07) is 9.72. The molecule has 3 nitrogen and oxygen atoms in total. The molecule has 0 aliphatic heterocycles. The van der Waals surface area contributed by atoms with Gasteiger partial charge in [-0.15, -0.1) is 0 Å². The SMILES string of the molecule is CC(C(=O)OOC(C)(C)C)=C(C)c1ccccc1. The number of hydrogen-bond acceptors (Lipinski definition) is 3. The van der Waals surface area contributed by atoms with Gasteiger partial charge >= 0.3 is 5.97 Å². The third-order valence-corrected chi connectivity index (χ3v) is 2.44. The van der Waals surface area contributed by atoms with E-state index in [-0.39, 0.29) is 0 Å². The van der Waals surface area contributed by atoms with Crippen molar-refractivity contribution >= 4 is 11.5 Å². The van der Waals surface area contributed by atoms with E-state index in [0.29, 0.717) is 5.57 Å². The Bertz CT molecular complexity index is 439. The molecule has 18 heavy (non-hydrogen) atoms. The Morgan fingerprint density at radius 1 is 1.06 bits per heavy atom. The fourth-order valence-electron chi connectivity index (χ4n) is 1.28. The predicted octanol–water partition coefficient (Wildman–Crippen LogP) is 3.75. The molecule has 0 saturated heterocycles. The molecule has 0 aliphatic rings. The molecule has 1 aromatic rings. The van der Waals surface area contributed by atoms with E-state index in [4.69, 9.17) is 9.78 Å². The zero-order valence-corrected chi connectivity index (χ0v) is 11.6. The first-order valence-electron chi connectivity index (χ1n) is 5.94. The Morgan fingerprint density at radius 3 is 2.11 bits per heavy atom. The van der Waals surface area contributed by atoms with Crippen LogP contribution >= 0.6 is 0 Å². The molecule has 0 saturated carbocycles. The van der Waals surface area contributed by atoms with E-state index >= 15 is 0 Å². The third-order valence-electron chi connectivity index (χ3n) is 2.44. The van der Waals surface area contributed by atoms with Crippen molar-refractivity contribution in [3.63, 3.8) is 0 Å². The molecule has 0 amide bonds. The Balaban J connectivity index is 2.79. The van der Waals surface area contributed by atoms with Gasteiger partial charge in [0.05, 0.1) is 0 Å². The largest absolute Gasteiger partial charge is 0.369 e. The fourth-order valence-corrected chi connectivity index (χ4v) is 1.28. The van der Waals surface area contributed by atoms with E-state index < -0.39 is 11.6 Å². The molecule has 98 valence electrons. The number of rotatable bonds is 3. The van der Waals surface area contributed by atoms with E-state index in [9.17, 15) is 4.79 Å². The lowest BCUT2D eigenvalue weighted by atomic mass is 10.0. The first-order valence-corrected chi connectivity index (χ1v) is 5.94. The normalized spacial score (nSPS) is 12.9. The van der Waals surface area contributed by atoms with Crippen LogP contribution in [0.25, 0.3) is 5.57 Å². The van der Waals surface area contributed by atoms with Crippen LogP contribution in [-0.4, -0.2) is 11.6 Å². The average Bonchev–Trinajstić information content (AvgIpc) is 2.34. The standard InChI is InChI=1S/C15H20O3/c1-11(13-9-7-6-8-10-13)12(2)14(16)17-18-15(3,4)5/h6-10H,1-5H3. The molecule has 0 unspecified atom stereocenters. The lowest BCUT2D eigenvalue weighted by molar-refractivity contribution is -0.317. The number of benzene rings is 1. The van der Waals surface area contributed by atoms with Crippen molar-refractivity contribution in [2.24, 2.45) is 0 Å². The van der Waals surface area contributed by atoms with Gasteiger partial charge in [0.25, 0.3) is 0 Å². The zero-order chi connectivity index (χ0) is 13.8. The van der Waals surface area contributed by atoms with Crippen LogP contribution in [0.1, 0.15) is 40.2 Å². The van der Waals surface area contributed by atoms with Gasteiger partial charge in [0, 0.05) is 5.57 Å². The molecule has 0 N–H and O–H groups in total. The van der Waals surface area contributed by atoms with Gasteiger partial charge in [0.1, 0.15) is 5.60 Å². The fraction of sp³-hybridized carbons (Fsp3) is 0.400. The van der Waals surface area contributed by atoms with E-state index in [1.807, 2.05) is 58.0 Å². The number of carbonyl (C=O) groups is 1. The molecule has 3 heteroatoms. The second kappa shape index (κ2) is 5.83. The zero-order valence-electron chi connectivity index (χ0n) is 11.6. The van der Waals surface area contributed by atoms with Gasteiger partial charge in [-0.25, -0.2) is 4.79 Å². The molecule has 0 aliphatic carbocycles. The summed E-state index contributed by atoms with van der Waals surface area (Å²) in [5.74, 6) is -0.453. The minimum atomic E-state index is -0.503. The summed E-state index contributed by atoms with van der Waals surface area (Å²) in [7, 11) is 0. The molecular formula is C15H20O3. The van der Waals surface area contributed by atoms with Crippen molar-refractivity contribution < 1.29 is 14.6 Å². The molecule has 0 radical (unpaired) electrons. The minimum absolute atomic E-state index is 0.453. The smallest absolute Gasteiger partial charge is 0.293 e. The van der Waals surface area contributed by atoms with Gasteiger partial charge in [0.15, 0.2) is 0 Å². The van der Waals surface area contributed by atoms with E-state index in [1.165, 1.54) is 0 Å². The second-order valence-corrected chi connectivity index (χ2v) is 5.18. The molecule has 0 bridgehead atoms. The van der Waals surface area contributed by atoms with Crippen LogP contribution in [-0.2, 0) is 14.6 Å². The van der Waals surface area contributed by atoms with Gasteiger partial charge in [-0.2, -0.15) is 4.89 Å². The molecule has 0 fully saturated rings.